The summed E-state index contributed by atoms with van der Waals surface area (Å²) in [7, 11) is 0. The lowest BCUT2D eigenvalue weighted by molar-refractivity contribution is 0.0735. The number of amides is 2. The van der Waals surface area contributed by atoms with Gasteiger partial charge in [-0.1, -0.05) is 29.3 Å². The molecular weight excluding hydrogens is 487 g/mol. The van der Waals surface area contributed by atoms with Gasteiger partial charge in [-0.25, -0.2) is 0 Å². The maximum absolute atomic E-state index is 13.1. The molecule has 0 radical (unpaired) electrons. The largest absolute Gasteiger partial charge is 0.368 e. The van der Waals surface area contributed by atoms with Gasteiger partial charge in [0.2, 0.25) is 0 Å². The van der Waals surface area contributed by atoms with Gasteiger partial charge in [-0.15, -0.1) is 0 Å². The Morgan fingerprint density at radius 2 is 1.80 bits per heavy atom. The predicted molar refractivity (Wildman–Crippen MR) is 138 cm³/mol. The molecule has 3 N–H and O–H groups in total. The van der Waals surface area contributed by atoms with Gasteiger partial charge in [0.15, 0.2) is 0 Å². The van der Waals surface area contributed by atoms with Gasteiger partial charge in [0.1, 0.15) is 22.9 Å². The summed E-state index contributed by atoms with van der Waals surface area (Å²) < 4.78 is 1.94. The second-order valence-corrected chi connectivity index (χ2v) is 9.73. The molecule has 0 atom stereocenters. The molecule has 10 heteroatoms. The molecule has 4 aliphatic heterocycles. The summed E-state index contributed by atoms with van der Waals surface area (Å²) in [4.78, 5) is 30.0. The normalized spacial score (nSPS) is 15.9. The van der Waals surface area contributed by atoms with E-state index in [1.807, 2.05) is 15.5 Å². The Bertz CT molecular complexity index is 1350. The Morgan fingerprint density at radius 3 is 2.63 bits per heavy atom. The molecule has 0 unspecified atom stereocenters. The summed E-state index contributed by atoms with van der Waals surface area (Å²) in [5.74, 6) is 0.734. The highest BCUT2D eigenvalue weighted by Gasteiger charge is 2.45. The van der Waals surface area contributed by atoms with Crippen molar-refractivity contribution in [1.29, 1.82) is 0 Å². The van der Waals surface area contributed by atoms with Crippen molar-refractivity contribution < 1.29 is 9.59 Å². The van der Waals surface area contributed by atoms with Crippen molar-refractivity contribution >= 4 is 52.2 Å². The van der Waals surface area contributed by atoms with Crippen LogP contribution in [0.15, 0.2) is 42.5 Å². The Balaban J connectivity index is 1.18. The number of carbonyl (C=O) groups is 2. The van der Waals surface area contributed by atoms with E-state index in [9.17, 15) is 9.59 Å². The zero-order chi connectivity index (χ0) is 24.1. The molecule has 0 aliphatic carbocycles. The summed E-state index contributed by atoms with van der Waals surface area (Å²) >= 11 is 12.6. The molecule has 2 aromatic rings. The molecule has 35 heavy (non-hydrogen) atoms. The van der Waals surface area contributed by atoms with Gasteiger partial charge in [-0.2, -0.15) is 0 Å². The van der Waals surface area contributed by atoms with Crippen LogP contribution >= 0.6 is 23.2 Å². The Labute approximate surface area is 212 Å². The molecule has 4 aliphatic rings. The highest BCUT2D eigenvalue weighted by atomic mass is 35.5. The number of halogens is 2. The summed E-state index contributed by atoms with van der Waals surface area (Å²) in [5, 5.41) is 10.9. The standard InChI is InChI=1S/C25H24Cl2N6O2/c26-17-4-5-19(27)16(12-17)14-32-11-8-29-23-21(32)20-22(33(20)23)24(34)30-18-3-1-2-15(13-18)25(35)31-9-6-28-7-10-31/h1-5,12-13,28-29H,6-11,14H2,(H,30,34). The van der Waals surface area contributed by atoms with Crippen molar-refractivity contribution in [3.05, 3.63) is 69.3 Å². The van der Waals surface area contributed by atoms with E-state index >= 15 is 0 Å². The highest BCUT2D eigenvalue weighted by molar-refractivity contribution is 6.33. The van der Waals surface area contributed by atoms with Crippen molar-refractivity contribution in [3.8, 4) is 5.69 Å². The molecule has 2 amide bonds. The molecular formula is C25H24Cl2N6O2. The Morgan fingerprint density at radius 1 is 0.971 bits per heavy atom. The van der Waals surface area contributed by atoms with Gasteiger partial charge in [0.05, 0.1) is 0 Å². The topological polar surface area (TPSA) is 81.6 Å². The molecule has 0 aromatic heterocycles. The van der Waals surface area contributed by atoms with Gasteiger partial charge in [0.25, 0.3) is 11.8 Å². The lowest BCUT2D eigenvalue weighted by Gasteiger charge is -2.34. The van der Waals surface area contributed by atoms with Crippen LogP contribution in [0.3, 0.4) is 0 Å². The number of nitrogens with zero attached hydrogens (tertiary/aromatic N) is 3. The SMILES string of the molecule is O=C(Nc1cccc(C(=O)N2CCNCC2)c1)c1c2c3c(n1-2)NCCN3Cc1cc(Cl)ccc1Cl. The minimum Gasteiger partial charge on any atom is -0.368 e. The minimum atomic E-state index is -0.191. The molecule has 4 heterocycles. The van der Waals surface area contributed by atoms with Crippen LogP contribution in [0.2, 0.25) is 10.0 Å². The second kappa shape index (κ2) is 8.78. The number of fused-ring (bicyclic) bond motifs is 4. The predicted octanol–water partition coefficient (Wildman–Crippen LogP) is 3.83. The number of hydrogen-bond acceptors (Lipinski definition) is 5. The van der Waals surface area contributed by atoms with Gasteiger partial charge in [0, 0.05) is 67.1 Å². The molecule has 1 saturated heterocycles. The van der Waals surface area contributed by atoms with E-state index in [4.69, 9.17) is 23.2 Å². The third-order valence-corrected chi connectivity index (χ3v) is 7.24. The fourth-order valence-corrected chi connectivity index (χ4v) is 5.23. The lowest BCUT2D eigenvalue weighted by atomic mass is 10.1. The van der Waals surface area contributed by atoms with Crippen molar-refractivity contribution in [2.75, 3.05) is 54.8 Å². The number of nitrogens with one attached hydrogen (secondary N) is 3. The second-order valence-electron chi connectivity index (χ2n) is 8.89. The van der Waals surface area contributed by atoms with Gasteiger partial charge < -0.3 is 25.8 Å². The molecule has 0 saturated carbocycles. The number of aromatic nitrogens is 1. The lowest BCUT2D eigenvalue weighted by Crippen LogP contribution is -2.46. The van der Waals surface area contributed by atoms with Gasteiger partial charge in [-0.05, 0) is 42.0 Å². The first-order valence-electron chi connectivity index (χ1n) is 11.6. The van der Waals surface area contributed by atoms with E-state index in [0.717, 1.165) is 48.9 Å². The maximum Gasteiger partial charge on any atom is 0.274 e. The zero-order valence-electron chi connectivity index (χ0n) is 18.9. The molecule has 2 aromatic carbocycles. The number of benzene rings is 2. The maximum atomic E-state index is 13.1. The zero-order valence-corrected chi connectivity index (χ0v) is 20.4. The molecule has 6 rings (SSSR count). The van der Waals surface area contributed by atoms with E-state index in [-0.39, 0.29) is 11.8 Å². The van der Waals surface area contributed by atoms with Crippen LogP contribution in [0.1, 0.15) is 26.4 Å². The third kappa shape index (κ3) is 4.01. The van der Waals surface area contributed by atoms with Crippen LogP contribution in [0.5, 0.6) is 0 Å². The number of rotatable bonds is 5. The van der Waals surface area contributed by atoms with Crippen molar-refractivity contribution in [2.24, 2.45) is 0 Å². The first-order chi connectivity index (χ1) is 17.0. The van der Waals surface area contributed by atoms with Crippen LogP contribution in [0.4, 0.5) is 17.2 Å². The molecule has 180 valence electrons. The monoisotopic (exact) mass is 510 g/mol. The fraction of sp³-hybridized carbons (Fsp3) is 0.280. The Kier molecular flexibility index (Phi) is 5.59. The smallest absolute Gasteiger partial charge is 0.274 e. The van der Waals surface area contributed by atoms with Crippen molar-refractivity contribution in [3.63, 3.8) is 0 Å². The first-order valence-corrected chi connectivity index (χ1v) is 12.4. The van der Waals surface area contributed by atoms with Crippen LogP contribution in [-0.2, 0) is 6.54 Å². The van der Waals surface area contributed by atoms with Gasteiger partial charge >= 0.3 is 0 Å². The van der Waals surface area contributed by atoms with E-state index in [1.165, 1.54) is 0 Å². The summed E-state index contributed by atoms with van der Waals surface area (Å²) in [5.41, 5.74) is 4.71. The van der Waals surface area contributed by atoms with Crippen LogP contribution in [0, 0.1) is 0 Å². The van der Waals surface area contributed by atoms with Crippen LogP contribution in [0.25, 0.3) is 5.69 Å². The average molecular weight is 511 g/mol. The fourth-order valence-electron chi connectivity index (χ4n) is 4.86. The van der Waals surface area contributed by atoms with Crippen molar-refractivity contribution in [1.82, 2.24) is 14.8 Å². The number of carbonyl (C=O) groups excluding carboxylic acids is 2. The molecule has 0 bridgehead atoms. The van der Waals surface area contributed by atoms with Gasteiger partial charge in [-0.3, -0.25) is 14.2 Å². The summed E-state index contributed by atoms with van der Waals surface area (Å²) in [6.45, 7) is 5.13. The van der Waals surface area contributed by atoms with E-state index in [1.54, 1.807) is 36.4 Å². The number of hydrogen-bond donors (Lipinski definition) is 3. The molecule has 0 spiro atoms. The molecule has 1 fully saturated rings. The molecule has 8 nitrogen and oxygen atoms in total. The van der Waals surface area contributed by atoms with E-state index in [2.05, 4.69) is 20.9 Å². The minimum absolute atomic E-state index is 0.0171. The highest BCUT2D eigenvalue weighted by Crippen LogP contribution is 2.54. The summed E-state index contributed by atoms with van der Waals surface area (Å²) in [6.07, 6.45) is 0. The average Bonchev–Trinajstić information content (AvgIpc) is 3.53. The Hall–Kier alpha value is -3.20. The van der Waals surface area contributed by atoms with Crippen LogP contribution < -0.4 is 20.9 Å². The van der Waals surface area contributed by atoms with E-state index in [0.29, 0.717) is 46.6 Å². The quantitative estimate of drug-likeness (QED) is 0.380. The van der Waals surface area contributed by atoms with E-state index < -0.39 is 0 Å². The number of piperazine rings is 1. The van der Waals surface area contributed by atoms with Crippen molar-refractivity contribution in [2.45, 2.75) is 6.54 Å². The first kappa shape index (κ1) is 22.3. The summed E-state index contributed by atoms with van der Waals surface area (Å²) in [6, 6.07) is 12.6. The number of anilines is 3. The van der Waals surface area contributed by atoms with Crippen LogP contribution in [-0.4, -0.2) is 60.5 Å². The third-order valence-electron chi connectivity index (χ3n) is 6.64.